The van der Waals surface area contributed by atoms with Crippen molar-refractivity contribution in [1.82, 2.24) is 15.2 Å². The Balaban J connectivity index is 2.58. The number of nitrogens with two attached hydrogens (primary N) is 1. The van der Waals surface area contributed by atoms with Gasteiger partial charge in [0, 0.05) is 39.3 Å². The first-order valence-electron chi connectivity index (χ1n) is 7.21. The minimum absolute atomic E-state index is 0.148. The molecule has 0 aliphatic carbocycles. The Morgan fingerprint density at radius 2 is 1.86 bits per heavy atom. The molecule has 7 heteroatoms. The minimum atomic E-state index is -0.148. The lowest BCUT2D eigenvalue weighted by molar-refractivity contribution is 0.0944. The molecule has 1 aromatic heterocycles. The number of hydrogen-bond donors (Lipinski definition) is 2. The molecule has 1 aromatic rings. The molecule has 0 aliphatic rings. The predicted molar refractivity (Wildman–Crippen MR) is 90.2 cm³/mol. The zero-order valence-electron chi connectivity index (χ0n) is 13.8. The highest BCUT2D eigenvalue weighted by Crippen LogP contribution is 2.26. The topological polar surface area (TPSA) is 74.5 Å². The van der Waals surface area contributed by atoms with Gasteiger partial charge in [0.25, 0.3) is 5.91 Å². The summed E-state index contributed by atoms with van der Waals surface area (Å²) in [4.78, 5) is 21.0. The van der Waals surface area contributed by atoms with E-state index >= 15 is 0 Å². The van der Waals surface area contributed by atoms with Gasteiger partial charge in [0.2, 0.25) is 0 Å². The fourth-order valence-electron chi connectivity index (χ4n) is 2.17. The van der Waals surface area contributed by atoms with E-state index in [4.69, 9.17) is 5.73 Å². The molecule has 1 heterocycles. The molecule has 0 bridgehead atoms. The largest absolute Gasteiger partial charge is 0.382 e. The van der Waals surface area contributed by atoms with Gasteiger partial charge in [0.05, 0.1) is 0 Å². The van der Waals surface area contributed by atoms with Crippen LogP contribution in [0.1, 0.15) is 37.4 Å². The summed E-state index contributed by atoms with van der Waals surface area (Å²) in [6, 6.07) is 0.909. The summed E-state index contributed by atoms with van der Waals surface area (Å²) < 4.78 is 0. The summed E-state index contributed by atoms with van der Waals surface area (Å²) in [5.41, 5.74) is 5.81. The molecule has 1 amide bonds. The summed E-state index contributed by atoms with van der Waals surface area (Å²) in [5, 5.41) is 3.66. The quantitative estimate of drug-likeness (QED) is 0.800. The van der Waals surface area contributed by atoms with Crippen molar-refractivity contribution in [2.24, 2.45) is 0 Å². The number of nitrogen functional groups attached to an aromatic ring is 1. The molecule has 21 heavy (non-hydrogen) atoms. The SMILES string of the molecule is CC(C)N(CCNC(=O)c1sc(N(C)C)nc1N)C(C)C. The summed E-state index contributed by atoms with van der Waals surface area (Å²) >= 11 is 1.31. The standard InChI is InChI=1S/C14H27N5OS/c1-9(2)19(10(3)4)8-7-16-13(20)11-12(15)17-14(21-11)18(5)6/h9-10H,7-8,15H2,1-6H3,(H,16,20). The van der Waals surface area contributed by atoms with Gasteiger partial charge in [-0.25, -0.2) is 4.98 Å². The van der Waals surface area contributed by atoms with Crippen molar-refractivity contribution in [3.63, 3.8) is 0 Å². The van der Waals surface area contributed by atoms with Crippen LogP contribution in [-0.2, 0) is 0 Å². The van der Waals surface area contributed by atoms with Crippen LogP contribution in [0.3, 0.4) is 0 Å². The maximum Gasteiger partial charge on any atom is 0.265 e. The van der Waals surface area contributed by atoms with Gasteiger partial charge in [-0.3, -0.25) is 9.69 Å². The molecule has 3 N–H and O–H groups in total. The van der Waals surface area contributed by atoms with E-state index in [0.717, 1.165) is 11.7 Å². The maximum atomic E-state index is 12.2. The van der Waals surface area contributed by atoms with Crippen molar-refractivity contribution in [2.45, 2.75) is 39.8 Å². The molecule has 0 saturated heterocycles. The second-order valence-corrected chi connectivity index (χ2v) is 6.76. The van der Waals surface area contributed by atoms with Crippen LogP contribution in [0, 0.1) is 0 Å². The Morgan fingerprint density at radius 3 is 2.29 bits per heavy atom. The van der Waals surface area contributed by atoms with Crippen molar-refractivity contribution in [1.29, 1.82) is 0 Å². The highest BCUT2D eigenvalue weighted by Gasteiger charge is 2.18. The van der Waals surface area contributed by atoms with Gasteiger partial charge in [-0.05, 0) is 27.7 Å². The second-order valence-electron chi connectivity index (χ2n) is 5.79. The molecule has 0 atom stereocenters. The molecule has 0 unspecified atom stereocenters. The van der Waals surface area contributed by atoms with E-state index in [1.807, 2.05) is 19.0 Å². The Labute approximate surface area is 131 Å². The van der Waals surface area contributed by atoms with Crippen LogP contribution in [-0.4, -0.2) is 55.1 Å². The Kier molecular flexibility index (Phi) is 6.42. The predicted octanol–water partition coefficient (Wildman–Crippen LogP) is 1.64. The van der Waals surface area contributed by atoms with Crippen molar-refractivity contribution in [3.8, 4) is 0 Å². The molecule has 6 nitrogen and oxygen atoms in total. The number of thiazole rings is 1. The van der Waals surface area contributed by atoms with Crippen LogP contribution in [0.2, 0.25) is 0 Å². The zero-order valence-corrected chi connectivity index (χ0v) is 14.6. The van der Waals surface area contributed by atoms with Crippen molar-refractivity contribution in [3.05, 3.63) is 4.88 Å². The Bertz CT molecular complexity index is 462. The fraction of sp³-hybridized carbons (Fsp3) is 0.714. The Hall–Kier alpha value is -1.34. The van der Waals surface area contributed by atoms with E-state index in [2.05, 4.69) is 42.9 Å². The molecule has 0 aromatic carbocycles. The number of amides is 1. The van der Waals surface area contributed by atoms with Gasteiger partial charge in [-0.2, -0.15) is 0 Å². The average Bonchev–Trinajstić information content (AvgIpc) is 2.75. The van der Waals surface area contributed by atoms with Crippen molar-refractivity contribution < 1.29 is 4.79 Å². The number of carbonyl (C=O) groups excluding carboxylic acids is 1. The van der Waals surface area contributed by atoms with Gasteiger partial charge in [0.1, 0.15) is 10.7 Å². The minimum Gasteiger partial charge on any atom is -0.382 e. The van der Waals surface area contributed by atoms with E-state index in [1.54, 1.807) is 0 Å². The summed E-state index contributed by atoms with van der Waals surface area (Å²) in [5.74, 6) is 0.149. The van der Waals surface area contributed by atoms with Gasteiger partial charge < -0.3 is 16.0 Å². The number of anilines is 2. The number of carbonyl (C=O) groups is 1. The average molecular weight is 313 g/mol. The number of rotatable bonds is 7. The van der Waals surface area contributed by atoms with Crippen LogP contribution in [0.25, 0.3) is 0 Å². The zero-order chi connectivity index (χ0) is 16.2. The van der Waals surface area contributed by atoms with Gasteiger partial charge in [0.15, 0.2) is 5.13 Å². The van der Waals surface area contributed by atoms with Gasteiger partial charge in [-0.15, -0.1) is 0 Å². The second kappa shape index (κ2) is 7.61. The first-order valence-corrected chi connectivity index (χ1v) is 8.03. The molecular weight excluding hydrogens is 286 g/mol. The molecule has 0 radical (unpaired) electrons. The monoisotopic (exact) mass is 313 g/mol. The van der Waals surface area contributed by atoms with E-state index in [1.165, 1.54) is 11.3 Å². The number of hydrogen-bond acceptors (Lipinski definition) is 6. The van der Waals surface area contributed by atoms with Crippen molar-refractivity contribution in [2.75, 3.05) is 37.8 Å². The highest BCUT2D eigenvalue weighted by molar-refractivity contribution is 7.18. The molecule has 0 spiro atoms. The summed E-state index contributed by atoms with van der Waals surface area (Å²) in [7, 11) is 3.76. The first-order chi connectivity index (χ1) is 9.73. The van der Waals surface area contributed by atoms with E-state index in [9.17, 15) is 4.79 Å². The molecule has 0 aliphatic heterocycles. The smallest absolute Gasteiger partial charge is 0.265 e. The number of aromatic nitrogens is 1. The summed E-state index contributed by atoms with van der Waals surface area (Å²) in [6.07, 6.45) is 0. The third kappa shape index (κ3) is 4.86. The molecular formula is C14H27N5OS. The first kappa shape index (κ1) is 17.7. The normalized spacial score (nSPS) is 11.5. The third-order valence-electron chi connectivity index (χ3n) is 3.21. The number of nitrogens with one attached hydrogen (secondary N) is 1. The molecule has 120 valence electrons. The lowest BCUT2D eigenvalue weighted by atomic mass is 10.2. The van der Waals surface area contributed by atoms with Gasteiger partial charge >= 0.3 is 0 Å². The van der Waals surface area contributed by atoms with Crippen LogP contribution >= 0.6 is 11.3 Å². The molecule has 0 saturated carbocycles. The van der Waals surface area contributed by atoms with E-state index in [0.29, 0.717) is 29.3 Å². The number of nitrogens with zero attached hydrogens (tertiary/aromatic N) is 3. The highest BCUT2D eigenvalue weighted by atomic mass is 32.1. The maximum absolute atomic E-state index is 12.2. The molecule has 0 fully saturated rings. The summed E-state index contributed by atoms with van der Waals surface area (Å²) in [6.45, 7) is 10.1. The van der Waals surface area contributed by atoms with E-state index in [-0.39, 0.29) is 5.91 Å². The van der Waals surface area contributed by atoms with Crippen LogP contribution in [0.15, 0.2) is 0 Å². The fourth-order valence-corrected chi connectivity index (χ4v) is 2.99. The lowest BCUT2D eigenvalue weighted by Gasteiger charge is -2.30. The lowest BCUT2D eigenvalue weighted by Crippen LogP contribution is -2.42. The van der Waals surface area contributed by atoms with Crippen LogP contribution < -0.4 is 16.0 Å². The van der Waals surface area contributed by atoms with Crippen LogP contribution in [0.5, 0.6) is 0 Å². The van der Waals surface area contributed by atoms with E-state index < -0.39 is 0 Å². The third-order valence-corrected chi connectivity index (χ3v) is 4.45. The van der Waals surface area contributed by atoms with Crippen LogP contribution in [0.4, 0.5) is 10.9 Å². The van der Waals surface area contributed by atoms with Crippen molar-refractivity contribution >= 4 is 28.2 Å². The van der Waals surface area contributed by atoms with Gasteiger partial charge in [-0.1, -0.05) is 11.3 Å². The Morgan fingerprint density at radius 1 is 1.29 bits per heavy atom. The molecule has 1 rings (SSSR count).